The van der Waals surface area contributed by atoms with Crippen molar-refractivity contribution in [2.75, 3.05) is 35.8 Å². The number of cyclic esters (lactones) is 3. The van der Waals surface area contributed by atoms with E-state index in [9.17, 15) is 28.8 Å². The first kappa shape index (κ1) is 41.9. The molecule has 4 heterocycles. The van der Waals surface area contributed by atoms with Crippen molar-refractivity contribution in [1.29, 1.82) is 0 Å². The Morgan fingerprint density at radius 1 is 0.510 bits per heavy atom. The maximum atomic E-state index is 13.7. The lowest BCUT2D eigenvalue weighted by Gasteiger charge is -2.41. The molecule has 4 aliphatic rings. The largest absolute Gasteiger partial charge is 0.465 e. The zero-order valence-corrected chi connectivity index (χ0v) is 33.4. The van der Waals surface area contributed by atoms with Crippen molar-refractivity contribution in [2.24, 2.45) is 17.8 Å². The van der Waals surface area contributed by atoms with Crippen LogP contribution in [0.25, 0.3) is 0 Å². The predicted octanol–water partition coefficient (Wildman–Crippen LogP) is 3.10. The number of hydrogen-bond donors (Lipinski definition) is 0. The first-order valence-corrected chi connectivity index (χ1v) is 20.4. The molecule has 4 rings (SSSR count). The van der Waals surface area contributed by atoms with E-state index in [4.69, 9.17) is 42.6 Å². The lowest BCUT2D eigenvalue weighted by atomic mass is 9.89. The maximum Gasteiger partial charge on any atom is 0.336 e. The summed E-state index contributed by atoms with van der Waals surface area (Å²) in [5.74, 6) is -5.40. The van der Waals surface area contributed by atoms with Crippen LogP contribution in [-0.4, -0.2) is 127 Å². The topological polar surface area (TPSA) is 185 Å². The van der Waals surface area contributed by atoms with Crippen molar-refractivity contribution >= 4 is 83.6 Å². The van der Waals surface area contributed by atoms with E-state index in [1.54, 1.807) is 20.8 Å². The molecular weight excluding hydrogens is 876 g/mol. The standard InChI is InChI=1S/C33H45Br3O15/c1-16-22-7-4-19(13-43-25(37)10-34)29(49-22)32(41)47-18(3)24-9-6-21(15-45-27(39)12-36)30(51-24)33(42)48-17(2)23-8-5-20(14-44-26(38)11-35)28(50-23)31(40)46-16/h16-24,28-30H,4-15H2,1-3H3/t16-,17-,18-,19-,20-,21-,22-,23-,24-,28+,29+,30+/m0/s1. The van der Waals surface area contributed by atoms with Gasteiger partial charge in [-0.25, -0.2) is 14.4 Å². The Bertz CT molecular complexity index is 1100. The summed E-state index contributed by atoms with van der Waals surface area (Å²) >= 11 is 9.19. The second kappa shape index (κ2) is 20.0. The van der Waals surface area contributed by atoms with Gasteiger partial charge in [0, 0.05) is 17.8 Å². The van der Waals surface area contributed by atoms with Gasteiger partial charge in [-0.3, -0.25) is 14.4 Å². The van der Waals surface area contributed by atoms with Crippen molar-refractivity contribution in [2.45, 2.75) is 114 Å². The number of halogens is 3. The molecule has 18 heteroatoms. The monoisotopic (exact) mass is 918 g/mol. The molecule has 0 aromatic heterocycles. The first-order chi connectivity index (χ1) is 24.3. The Labute approximate surface area is 321 Å². The van der Waals surface area contributed by atoms with Crippen molar-refractivity contribution in [3.63, 3.8) is 0 Å². The third-order valence-electron chi connectivity index (χ3n) is 9.59. The average Bonchev–Trinajstić information content (AvgIpc) is 3.13. The molecule has 15 nitrogen and oxygen atoms in total. The number of fused-ring (bicyclic) bond motifs is 6. The van der Waals surface area contributed by atoms with E-state index in [1.807, 2.05) is 0 Å². The van der Waals surface area contributed by atoms with Crippen LogP contribution in [0.5, 0.6) is 0 Å². The van der Waals surface area contributed by atoms with Crippen LogP contribution in [0.3, 0.4) is 0 Å². The number of hydrogen-bond acceptors (Lipinski definition) is 15. The average molecular weight is 921 g/mol. The Kier molecular flexibility index (Phi) is 16.4. The number of carbonyl (C=O) groups excluding carboxylic acids is 6. The van der Waals surface area contributed by atoms with Gasteiger partial charge in [0.05, 0.1) is 38.1 Å². The summed E-state index contributed by atoms with van der Waals surface area (Å²) < 4.78 is 52.3. The normalized spacial score (nSPS) is 36.2. The van der Waals surface area contributed by atoms with Crippen LogP contribution in [0.1, 0.15) is 59.3 Å². The van der Waals surface area contributed by atoms with Gasteiger partial charge in [-0.1, -0.05) is 47.8 Å². The second-order valence-electron chi connectivity index (χ2n) is 13.2. The van der Waals surface area contributed by atoms with Crippen LogP contribution in [-0.2, 0) is 71.4 Å². The number of esters is 6. The van der Waals surface area contributed by atoms with E-state index in [0.29, 0.717) is 38.5 Å². The van der Waals surface area contributed by atoms with Crippen LogP contribution in [0, 0.1) is 17.8 Å². The van der Waals surface area contributed by atoms with Gasteiger partial charge in [-0.05, 0) is 59.3 Å². The SMILES string of the molecule is C[C@@H]1OC(=O)[C@@H]2O[C@@H](CC[C@H]2COC(=O)CBr)[C@H](C)OC(=O)[C@@H]2O[C@@H](CC[C@H]2COC(=O)CBr)[C@H](C)OC(=O)[C@@H]2O[C@H]1CC[C@H]2COC(=O)CBr. The van der Waals surface area contributed by atoms with Crippen molar-refractivity contribution < 1.29 is 71.4 Å². The van der Waals surface area contributed by atoms with E-state index in [2.05, 4.69) is 47.8 Å². The molecule has 0 unspecified atom stereocenters. The van der Waals surface area contributed by atoms with E-state index in [-0.39, 0.29) is 35.8 Å². The Morgan fingerprint density at radius 2 is 0.765 bits per heavy atom. The van der Waals surface area contributed by atoms with Crippen LogP contribution in [0.4, 0.5) is 0 Å². The summed E-state index contributed by atoms with van der Waals surface area (Å²) in [5, 5.41) is -0.0820. The molecule has 0 amide bonds. The molecule has 4 fully saturated rings. The molecule has 0 aromatic rings. The van der Waals surface area contributed by atoms with E-state index in [0.717, 1.165) is 0 Å². The Morgan fingerprint density at radius 3 is 1.00 bits per heavy atom. The van der Waals surface area contributed by atoms with Gasteiger partial charge in [0.2, 0.25) is 0 Å². The quantitative estimate of drug-likeness (QED) is 0.187. The van der Waals surface area contributed by atoms with Crippen LogP contribution in [0.2, 0.25) is 0 Å². The third kappa shape index (κ3) is 11.6. The minimum Gasteiger partial charge on any atom is -0.465 e. The van der Waals surface area contributed by atoms with Gasteiger partial charge < -0.3 is 42.6 Å². The van der Waals surface area contributed by atoms with Crippen LogP contribution >= 0.6 is 47.8 Å². The Balaban J connectivity index is 1.63. The first-order valence-electron chi connectivity index (χ1n) is 17.1. The molecule has 6 bridgehead atoms. The van der Waals surface area contributed by atoms with Gasteiger partial charge in [-0.15, -0.1) is 0 Å². The minimum atomic E-state index is -1.18. The van der Waals surface area contributed by atoms with Gasteiger partial charge in [0.15, 0.2) is 18.3 Å². The highest BCUT2D eigenvalue weighted by molar-refractivity contribution is 9.09. The van der Waals surface area contributed by atoms with E-state index < -0.39 is 109 Å². The fraction of sp³-hybridized carbons (Fsp3) is 0.818. The Hall–Kier alpha value is -1.86. The highest BCUT2D eigenvalue weighted by Crippen LogP contribution is 2.35. The summed E-state index contributed by atoms with van der Waals surface area (Å²) in [6, 6.07) is 0. The molecule has 0 radical (unpaired) electrons. The summed E-state index contributed by atoms with van der Waals surface area (Å²) in [5.41, 5.74) is 0. The molecular formula is C33H45Br3O15. The molecule has 288 valence electrons. The molecule has 4 aliphatic heterocycles. The number of ether oxygens (including phenoxy) is 9. The molecule has 4 saturated heterocycles. The van der Waals surface area contributed by atoms with Crippen molar-refractivity contribution in [3.8, 4) is 0 Å². The van der Waals surface area contributed by atoms with E-state index >= 15 is 0 Å². The molecule has 0 spiro atoms. The van der Waals surface area contributed by atoms with Crippen molar-refractivity contribution in [1.82, 2.24) is 0 Å². The number of alkyl halides is 3. The zero-order valence-electron chi connectivity index (χ0n) is 28.7. The molecule has 0 saturated carbocycles. The summed E-state index contributed by atoms with van der Waals surface area (Å²) in [6.45, 7) is 4.61. The highest BCUT2D eigenvalue weighted by Gasteiger charge is 2.47. The van der Waals surface area contributed by atoms with Crippen LogP contribution < -0.4 is 0 Å². The zero-order chi connectivity index (χ0) is 37.2. The molecule has 12 atom stereocenters. The third-order valence-corrected chi connectivity index (χ3v) is 11.0. The van der Waals surface area contributed by atoms with Gasteiger partial charge in [0.25, 0.3) is 0 Å². The predicted molar refractivity (Wildman–Crippen MR) is 185 cm³/mol. The van der Waals surface area contributed by atoms with Gasteiger partial charge in [-0.2, -0.15) is 0 Å². The van der Waals surface area contributed by atoms with E-state index in [1.165, 1.54) is 0 Å². The fourth-order valence-electron chi connectivity index (χ4n) is 6.68. The molecule has 0 N–H and O–H groups in total. The number of rotatable bonds is 9. The fourth-order valence-corrected chi connectivity index (χ4v) is 7.16. The smallest absolute Gasteiger partial charge is 0.336 e. The molecule has 0 aliphatic carbocycles. The number of carbonyl (C=O) groups is 6. The molecule has 51 heavy (non-hydrogen) atoms. The van der Waals surface area contributed by atoms with Gasteiger partial charge >= 0.3 is 35.8 Å². The van der Waals surface area contributed by atoms with Crippen molar-refractivity contribution in [3.05, 3.63) is 0 Å². The minimum absolute atomic E-state index is 0.0273. The maximum absolute atomic E-state index is 13.7. The molecule has 0 aromatic carbocycles. The van der Waals surface area contributed by atoms with Crippen LogP contribution in [0.15, 0.2) is 0 Å². The lowest BCUT2D eigenvalue weighted by molar-refractivity contribution is -0.220. The lowest BCUT2D eigenvalue weighted by Crippen LogP contribution is -2.53. The summed E-state index contributed by atoms with van der Waals surface area (Å²) in [7, 11) is 0. The highest BCUT2D eigenvalue weighted by atomic mass is 79.9. The van der Waals surface area contributed by atoms with Gasteiger partial charge in [0.1, 0.15) is 34.3 Å². The summed E-state index contributed by atoms with van der Waals surface area (Å²) in [4.78, 5) is 77.0. The second-order valence-corrected chi connectivity index (χ2v) is 14.9. The summed E-state index contributed by atoms with van der Waals surface area (Å²) in [6.07, 6.45) is -5.87.